The van der Waals surface area contributed by atoms with Crippen molar-refractivity contribution in [3.63, 3.8) is 0 Å². The average Bonchev–Trinajstić information content (AvgIpc) is 2.46. The second-order valence-electron chi connectivity index (χ2n) is 6.75. The van der Waals surface area contributed by atoms with Crippen molar-refractivity contribution in [2.45, 2.75) is 123 Å². The third-order valence-electron chi connectivity index (χ3n) is 4.76. The smallest absolute Gasteiger partial charge is 0.0151 e. The summed E-state index contributed by atoms with van der Waals surface area (Å²) in [6.45, 7) is 6.83. The Morgan fingerprint density at radius 2 is 0.900 bits per heavy atom. The molecule has 20 heavy (non-hydrogen) atoms. The maximum absolute atomic E-state index is 6.58. The van der Waals surface area contributed by atoms with Gasteiger partial charge in [0.25, 0.3) is 0 Å². The number of hydrogen-bond donors (Lipinski definition) is 1. The first-order chi connectivity index (χ1) is 9.68. The first-order valence-corrected chi connectivity index (χ1v) is 9.47. The standard InChI is InChI=1S/C19H41N/c1-4-7-9-11-13-15-17-19(20,6-3)18-16-14-12-10-8-5-2/h4-18,20H2,1-3H3. The van der Waals surface area contributed by atoms with E-state index < -0.39 is 0 Å². The van der Waals surface area contributed by atoms with E-state index in [0.29, 0.717) is 0 Å². The molecular weight excluding hydrogens is 242 g/mol. The third-order valence-corrected chi connectivity index (χ3v) is 4.76. The molecule has 0 aliphatic carbocycles. The van der Waals surface area contributed by atoms with Crippen LogP contribution in [0.5, 0.6) is 0 Å². The van der Waals surface area contributed by atoms with Crippen LogP contribution in [0.1, 0.15) is 117 Å². The topological polar surface area (TPSA) is 26.0 Å². The van der Waals surface area contributed by atoms with Crippen LogP contribution in [0, 0.1) is 0 Å². The molecule has 0 bridgehead atoms. The van der Waals surface area contributed by atoms with Gasteiger partial charge in [0.2, 0.25) is 0 Å². The summed E-state index contributed by atoms with van der Waals surface area (Å²) in [5, 5.41) is 0. The van der Waals surface area contributed by atoms with E-state index in [1.54, 1.807) is 0 Å². The number of nitrogens with two attached hydrogens (primary N) is 1. The Kier molecular flexibility index (Phi) is 13.9. The fraction of sp³-hybridized carbons (Fsp3) is 1.00. The third kappa shape index (κ3) is 11.8. The van der Waals surface area contributed by atoms with Crippen LogP contribution in [0.3, 0.4) is 0 Å². The van der Waals surface area contributed by atoms with Crippen molar-refractivity contribution < 1.29 is 0 Å². The Bertz CT molecular complexity index is 172. The van der Waals surface area contributed by atoms with Gasteiger partial charge in [-0.05, 0) is 19.3 Å². The van der Waals surface area contributed by atoms with Gasteiger partial charge in [-0.15, -0.1) is 0 Å². The molecule has 0 fully saturated rings. The van der Waals surface area contributed by atoms with Crippen LogP contribution in [-0.4, -0.2) is 5.54 Å². The summed E-state index contributed by atoms with van der Waals surface area (Å²) >= 11 is 0. The van der Waals surface area contributed by atoms with Crippen molar-refractivity contribution in [2.24, 2.45) is 5.73 Å². The summed E-state index contributed by atoms with van der Waals surface area (Å²) in [7, 11) is 0. The van der Waals surface area contributed by atoms with E-state index in [9.17, 15) is 0 Å². The van der Waals surface area contributed by atoms with Crippen molar-refractivity contribution in [1.82, 2.24) is 0 Å². The number of unbranched alkanes of at least 4 members (excludes halogenated alkanes) is 10. The van der Waals surface area contributed by atoms with E-state index in [0.717, 1.165) is 6.42 Å². The predicted molar refractivity (Wildman–Crippen MR) is 93.2 cm³/mol. The van der Waals surface area contributed by atoms with Crippen molar-refractivity contribution in [3.05, 3.63) is 0 Å². The van der Waals surface area contributed by atoms with E-state index in [1.807, 2.05) is 0 Å². The molecule has 1 heteroatoms. The van der Waals surface area contributed by atoms with E-state index in [1.165, 1.54) is 89.9 Å². The summed E-state index contributed by atoms with van der Waals surface area (Å²) in [5.74, 6) is 0. The molecule has 2 N–H and O–H groups in total. The maximum atomic E-state index is 6.58. The Morgan fingerprint density at radius 3 is 1.25 bits per heavy atom. The zero-order valence-electron chi connectivity index (χ0n) is 14.7. The predicted octanol–water partition coefficient (Wildman–Crippen LogP) is 6.60. The van der Waals surface area contributed by atoms with Gasteiger partial charge in [-0.1, -0.05) is 97.8 Å². The van der Waals surface area contributed by atoms with E-state index in [-0.39, 0.29) is 5.54 Å². The van der Waals surface area contributed by atoms with Gasteiger partial charge in [0.1, 0.15) is 0 Å². The molecule has 0 aromatic rings. The minimum absolute atomic E-state index is 0.134. The van der Waals surface area contributed by atoms with Gasteiger partial charge >= 0.3 is 0 Å². The largest absolute Gasteiger partial charge is 0.325 e. The van der Waals surface area contributed by atoms with Crippen LogP contribution in [-0.2, 0) is 0 Å². The first-order valence-electron chi connectivity index (χ1n) is 9.47. The highest BCUT2D eigenvalue weighted by atomic mass is 14.7. The Labute approximate surface area is 129 Å². The lowest BCUT2D eigenvalue weighted by Crippen LogP contribution is -2.38. The highest BCUT2D eigenvalue weighted by molar-refractivity contribution is 4.82. The van der Waals surface area contributed by atoms with Crippen LogP contribution >= 0.6 is 0 Å². The van der Waals surface area contributed by atoms with Crippen molar-refractivity contribution in [1.29, 1.82) is 0 Å². The average molecular weight is 284 g/mol. The molecule has 0 rings (SSSR count). The molecule has 0 unspecified atom stereocenters. The maximum Gasteiger partial charge on any atom is 0.0151 e. The molecular formula is C19H41N. The molecule has 0 aromatic heterocycles. The molecule has 0 amide bonds. The Morgan fingerprint density at radius 1 is 0.550 bits per heavy atom. The van der Waals surface area contributed by atoms with Crippen LogP contribution in [0.2, 0.25) is 0 Å². The molecule has 1 nitrogen and oxygen atoms in total. The van der Waals surface area contributed by atoms with Crippen LogP contribution in [0.25, 0.3) is 0 Å². The van der Waals surface area contributed by atoms with Gasteiger partial charge in [-0.25, -0.2) is 0 Å². The van der Waals surface area contributed by atoms with Gasteiger partial charge < -0.3 is 5.73 Å². The highest BCUT2D eigenvalue weighted by Crippen LogP contribution is 2.24. The van der Waals surface area contributed by atoms with Gasteiger partial charge in [0.05, 0.1) is 0 Å². The summed E-state index contributed by atoms with van der Waals surface area (Å²) < 4.78 is 0. The summed E-state index contributed by atoms with van der Waals surface area (Å²) in [5.41, 5.74) is 6.71. The highest BCUT2D eigenvalue weighted by Gasteiger charge is 2.21. The SMILES string of the molecule is CCCCCCCCC(N)(CC)CCCCCCCC. The fourth-order valence-corrected chi connectivity index (χ4v) is 2.99. The number of rotatable bonds is 15. The van der Waals surface area contributed by atoms with Crippen molar-refractivity contribution >= 4 is 0 Å². The summed E-state index contributed by atoms with van der Waals surface area (Å²) in [4.78, 5) is 0. The van der Waals surface area contributed by atoms with Gasteiger partial charge in [-0.3, -0.25) is 0 Å². The Balaban J connectivity index is 3.57. The first kappa shape index (κ1) is 20.0. The van der Waals surface area contributed by atoms with E-state index in [2.05, 4.69) is 20.8 Å². The van der Waals surface area contributed by atoms with E-state index >= 15 is 0 Å². The molecule has 0 heterocycles. The molecule has 0 aliphatic rings. The lowest BCUT2D eigenvalue weighted by atomic mass is 9.85. The summed E-state index contributed by atoms with van der Waals surface area (Å²) in [6.07, 6.45) is 20.2. The minimum Gasteiger partial charge on any atom is -0.325 e. The zero-order valence-corrected chi connectivity index (χ0v) is 14.7. The molecule has 0 radical (unpaired) electrons. The van der Waals surface area contributed by atoms with Crippen molar-refractivity contribution in [2.75, 3.05) is 0 Å². The minimum atomic E-state index is 0.134. The molecule has 0 saturated carbocycles. The molecule has 0 aliphatic heterocycles. The second kappa shape index (κ2) is 13.9. The van der Waals surface area contributed by atoms with Crippen LogP contribution < -0.4 is 5.73 Å². The fourth-order valence-electron chi connectivity index (χ4n) is 2.99. The normalized spacial score (nSPS) is 12.0. The summed E-state index contributed by atoms with van der Waals surface area (Å²) in [6, 6.07) is 0. The molecule has 122 valence electrons. The lowest BCUT2D eigenvalue weighted by Gasteiger charge is -2.28. The van der Waals surface area contributed by atoms with Crippen LogP contribution in [0.15, 0.2) is 0 Å². The molecule has 0 atom stereocenters. The van der Waals surface area contributed by atoms with Crippen molar-refractivity contribution in [3.8, 4) is 0 Å². The number of hydrogen-bond acceptors (Lipinski definition) is 1. The molecule has 0 aromatic carbocycles. The molecule has 0 spiro atoms. The van der Waals surface area contributed by atoms with E-state index in [4.69, 9.17) is 5.73 Å². The van der Waals surface area contributed by atoms with Gasteiger partial charge in [0, 0.05) is 5.54 Å². The molecule has 0 saturated heterocycles. The second-order valence-corrected chi connectivity index (χ2v) is 6.75. The van der Waals surface area contributed by atoms with Gasteiger partial charge in [0.15, 0.2) is 0 Å². The zero-order chi connectivity index (χ0) is 15.1. The quantitative estimate of drug-likeness (QED) is 0.337. The monoisotopic (exact) mass is 283 g/mol. The lowest BCUT2D eigenvalue weighted by molar-refractivity contribution is 0.324. The van der Waals surface area contributed by atoms with Gasteiger partial charge in [-0.2, -0.15) is 0 Å². The Hall–Kier alpha value is -0.0400. The van der Waals surface area contributed by atoms with Crippen LogP contribution in [0.4, 0.5) is 0 Å².